The number of hydrogen-bond acceptors (Lipinski definition) is 4. The molecule has 1 atom stereocenters. The predicted molar refractivity (Wildman–Crippen MR) is 92.5 cm³/mol. The van der Waals surface area contributed by atoms with Crippen molar-refractivity contribution in [3.8, 4) is 5.75 Å². The van der Waals surface area contributed by atoms with Crippen LogP contribution in [-0.4, -0.2) is 49.4 Å². The summed E-state index contributed by atoms with van der Waals surface area (Å²) in [5.41, 5.74) is 0.675. The van der Waals surface area contributed by atoms with Gasteiger partial charge >= 0.3 is 0 Å². The Labute approximate surface area is 143 Å². The van der Waals surface area contributed by atoms with E-state index in [1.165, 1.54) is 6.92 Å². The highest BCUT2D eigenvalue weighted by molar-refractivity contribution is 5.94. The van der Waals surface area contributed by atoms with Crippen LogP contribution in [0.3, 0.4) is 0 Å². The van der Waals surface area contributed by atoms with E-state index in [-0.39, 0.29) is 24.1 Å². The van der Waals surface area contributed by atoms with E-state index in [0.717, 1.165) is 25.3 Å². The average molecular weight is 341 g/mol. The van der Waals surface area contributed by atoms with Crippen LogP contribution in [0.4, 0.5) is 0 Å². The Morgan fingerprint density at radius 3 is 2.57 bits per heavy atom. The molecule has 0 aliphatic carbocycles. The predicted octanol–water partition coefficient (Wildman–Crippen LogP) is 2.29. The lowest BCUT2D eigenvalue weighted by Crippen LogP contribution is -2.38. The Balaban J connectivity index is 0.00000264. The first-order valence-electron chi connectivity index (χ1n) is 7.78. The molecule has 6 heteroatoms. The maximum absolute atomic E-state index is 12.1. The SMILES string of the molecule is CC(=O)c1ccc(OCCCC(=O)N(C)C2CCNC2)cc1.Cl. The Morgan fingerprint density at radius 2 is 2.00 bits per heavy atom. The van der Waals surface area contributed by atoms with Gasteiger partial charge in [-0.15, -0.1) is 12.4 Å². The van der Waals surface area contributed by atoms with Gasteiger partial charge in [0.1, 0.15) is 5.75 Å². The third kappa shape index (κ3) is 5.84. The molecule has 1 aliphatic heterocycles. The minimum atomic E-state index is 0. The molecule has 1 heterocycles. The second-order valence-electron chi connectivity index (χ2n) is 5.68. The number of amides is 1. The van der Waals surface area contributed by atoms with E-state index < -0.39 is 0 Å². The second-order valence-corrected chi connectivity index (χ2v) is 5.68. The minimum Gasteiger partial charge on any atom is -0.494 e. The van der Waals surface area contributed by atoms with Crippen LogP contribution in [0, 0.1) is 0 Å². The van der Waals surface area contributed by atoms with Crippen molar-refractivity contribution in [3.05, 3.63) is 29.8 Å². The summed E-state index contributed by atoms with van der Waals surface area (Å²) >= 11 is 0. The van der Waals surface area contributed by atoms with E-state index in [2.05, 4.69) is 5.32 Å². The summed E-state index contributed by atoms with van der Waals surface area (Å²) in [7, 11) is 1.88. The second kappa shape index (κ2) is 9.53. The Hall–Kier alpha value is -1.59. The number of likely N-dealkylation sites (N-methyl/N-ethyl adjacent to an activating group) is 1. The molecule has 23 heavy (non-hydrogen) atoms. The van der Waals surface area contributed by atoms with Gasteiger partial charge < -0.3 is 15.0 Å². The smallest absolute Gasteiger partial charge is 0.222 e. The van der Waals surface area contributed by atoms with Crippen molar-refractivity contribution in [1.82, 2.24) is 10.2 Å². The van der Waals surface area contributed by atoms with Crippen molar-refractivity contribution in [2.45, 2.75) is 32.2 Å². The lowest BCUT2D eigenvalue weighted by atomic mass is 10.1. The molecule has 5 nitrogen and oxygen atoms in total. The topological polar surface area (TPSA) is 58.6 Å². The van der Waals surface area contributed by atoms with Gasteiger partial charge in [0, 0.05) is 31.6 Å². The van der Waals surface area contributed by atoms with Crippen molar-refractivity contribution in [1.29, 1.82) is 0 Å². The van der Waals surface area contributed by atoms with Crippen molar-refractivity contribution >= 4 is 24.1 Å². The van der Waals surface area contributed by atoms with E-state index in [1.807, 2.05) is 11.9 Å². The summed E-state index contributed by atoms with van der Waals surface area (Å²) in [5, 5.41) is 3.27. The summed E-state index contributed by atoms with van der Waals surface area (Å²) in [4.78, 5) is 25.1. The number of ketones is 1. The van der Waals surface area contributed by atoms with Gasteiger partial charge in [-0.1, -0.05) is 0 Å². The van der Waals surface area contributed by atoms with E-state index in [9.17, 15) is 9.59 Å². The summed E-state index contributed by atoms with van der Waals surface area (Å²) in [6.07, 6.45) is 2.22. The van der Waals surface area contributed by atoms with Crippen LogP contribution in [-0.2, 0) is 4.79 Å². The van der Waals surface area contributed by atoms with Crippen molar-refractivity contribution < 1.29 is 14.3 Å². The third-order valence-electron chi connectivity index (χ3n) is 4.04. The van der Waals surface area contributed by atoms with Gasteiger partial charge in [0.2, 0.25) is 5.91 Å². The normalized spacial score (nSPS) is 16.5. The molecule has 128 valence electrons. The monoisotopic (exact) mass is 340 g/mol. The van der Waals surface area contributed by atoms with Gasteiger partial charge in [-0.05, 0) is 50.6 Å². The molecule has 1 unspecified atom stereocenters. The molecule has 1 saturated heterocycles. The maximum Gasteiger partial charge on any atom is 0.222 e. The zero-order chi connectivity index (χ0) is 15.9. The third-order valence-corrected chi connectivity index (χ3v) is 4.04. The van der Waals surface area contributed by atoms with Crippen LogP contribution in [0.25, 0.3) is 0 Å². The Bertz CT molecular complexity index is 513. The van der Waals surface area contributed by atoms with E-state index in [1.54, 1.807) is 24.3 Å². The molecule has 1 N–H and O–H groups in total. The van der Waals surface area contributed by atoms with E-state index in [4.69, 9.17) is 4.74 Å². The fourth-order valence-corrected chi connectivity index (χ4v) is 2.55. The quantitative estimate of drug-likeness (QED) is 0.611. The van der Waals surface area contributed by atoms with Crippen molar-refractivity contribution in [3.63, 3.8) is 0 Å². The number of benzene rings is 1. The van der Waals surface area contributed by atoms with Gasteiger partial charge in [0.25, 0.3) is 0 Å². The van der Waals surface area contributed by atoms with Gasteiger partial charge in [-0.3, -0.25) is 9.59 Å². The first kappa shape index (κ1) is 19.5. The standard InChI is InChI=1S/C17H24N2O3.ClH/c1-13(20)14-5-7-16(8-6-14)22-11-3-4-17(21)19(2)15-9-10-18-12-15;/h5-8,15,18H,3-4,9-12H2,1-2H3;1H. The molecule has 0 saturated carbocycles. The van der Waals surface area contributed by atoms with Crippen molar-refractivity contribution in [2.24, 2.45) is 0 Å². The zero-order valence-corrected chi connectivity index (χ0v) is 14.5. The van der Waals surface area contributed by atoms with Crippen LogP contribution in [0.15, 0.2) is 24.3 Å². The highest BCUT2D eigenvalue weighted by Crippen LogP contribution is 2.13. The largest absolute Gasteiger partial charge is 0.494 e. The number of ether oxygens (including phenoxy) is 1. The molecule has 0 radical (unpaired) electrons. The first-order valence-corrected chi connectivity index (χ1v) is 7.78. The number of rotatable bonds is 7. The Morgan fingerprint density at radius 1 is 1.30 bits per heavy atom. The van der Waals surface area contributed by atoms with Crippen LogP contribution < -0.4 is 10.1 Å². The number of nitrogens with zero attached hydrogens (tertiary/aromatic N) is 1. The van der Waals surface area contributed by atoms with Gasteiger partial charge in [0.15, 0.2) is 5.78 Å². The molecule has 1 aromatic rings. The number of nitrogens with one attached hydrogen (secondary N) is 1. The molecule has 1 fully saturated rings. The average Bonchev–Trinajstić information content (AvgIpc) is 3.05. The van der Waals surface area contributed by atoms with Gasteiger partial charge in [0.05, 0.1) is 6.61 Å². The number of carbonyl (C=O) groups is 2. The fourth-order valence-electron chi connectivity index (χ4n) is 2.55. The lowest BCUT2D eigenvalue weighted by molar-refractivity contribution is -0.131. The molecule has 2 rings (SSSR count). The van der Waals surface area contributed by atoms with Crippen LogP contribution in [0.1, 0.15) is 36.5 Å². The highest BCUT2D eigenvalue weighted by atomic mass is 35.5. The molecule has 0 bridgehead atoms. The van der Waals surface area contributed by atoms with E-state index >= 15 is 0 Å². The highest BCUT2D eigenvalue weighted by Gasteiger charge is 2.22. The zero-order valence-electron chi connectivity index (χ0n) is 13.7. The summed E-state index contributed by atoms with van der Waals surface area (Å²) < 4.78 is 5.60. The molecule has 1 aliphatic rings. The van der Waals surface area contributed by atoms with Crippen LogP contribution >= 0.6 is 12.4 Å². The lowest BCUT2D eigenvalue weighted by Gasteiger charge is -2.23. The summed E-state index contributed by atoms with van der Waals surface area (Å²) in [6, 6.07) is 7.41. The number of carbonyl (C=O) groups excluding carboxylic acids is 2. The molecular formula is C17H25ClN2O3. The molecule has 0 aromatic heterocycles. The summed E-state index contributed by atoms with van der Waals surface area (Å²) in [5.74, 6) is 0.941. The van der Waals surface area contributed by atoms with Crippen molar-refractivity contribution in [2.75, 3.05) is 26.7 Å². The molecule has 1 amide bonds. The summed E-state index contributed by atoms with van der Waals surface area (Å²) in [6.45, 7) is 3.92. The minimum absolute atomic E-state index is 0. The number of halogens is 1. The Kier molecular flexibility index (Phi) is 8.06. The number of Topliss-reactive ketones (excluding diaryl/α,β-unsaturated/α-hetero) is 1. The fraction of sp³-hybridized carbons (Fsp3) is 0.529. The first-order chi connectivity index (χ1) is 10.6. The molecular weight excluding hydrogens is 316 g/mol. The van der Waals surface area contributed by atoms with E-state index in [0.29, 0.717) is 31.1 Å². The van der Waals surface area contributed by atoms with Gasteiger partial charge in [-0.25, -0.2) is 0 Å². The van der Waals surface area contributed by atoms with Gasteiger partial charge in [-0.2, -0.15) is 0 Å². The number of hydrogen-bond donors (Lipinski definition) is 1. The molecule has 0 spiro atoms. The maximum atomic E-state index is 12.1. The van der Waals surface area contributed by atoms with Crippen LogP contribution in [0.5, 0.6) is 5.75 Å². The molecule has 1 aromatic carbocycles. The van der Waals surface area contributed by atoms with Crippen LogP contribution in [0.2, 0.25) is 0 Å².